The molecule has 2 aromatic heterocycles. The highest BCUT2D eigenvalue weighted by Crippen LogP contribution is 2.13. The highest BCUT2D eigenvalue weighted by molar-refractivity contribution is 6.31. The number of hydrogen-bond donors (Lipinski definition) is 3. The van der Waals surface area contributed by atoms with E-state index in [2.05, 4.69) is 22.2 Å². The van der Waals surface area contributed by atoms with E-state index in [1.54, 1.807) is 18.2 Å². The fourth-order valence-electron chi connectivity index (χ4n) is 2.95. The summed E-state index contributed by atoms with van der Waals surface area (Å²) < 4.78 is 1.19. The first-order valence-corrected chi connectivity index (χ1v) is 11.3. The van der Waals surface area contributed by atoms with Gasteiger partial charge in [0.2, 0.25) is 5.91 Å². The molecule has 9 heteroatoms. The van der Waals surface area contributed by atoms with Crippen molar-refractivity contribution in [3.8, 4) is 0 Å². The number of rotatable bonds is 11. The maximum Gasteiger partial charge on any atom is 0.265 e. The smallest absolute Gasteiger partial charge is 0.265 e. The summed E-state index contributed by atoms with van der Waals surface area (Å²) in [6, 6.07) is 4.90. The SMILES string of the molecule is C=CC(Cl)=CC=C(C)CCNC(=O)c1cc2cccnc2n(CC(=O)NCC(C)(C)CO)c1=O. The molecule has 0 spiro atoms. The van der Waals surface area contributed by atoms with Gasteiger partial charge in [-0.15, -0.1) is 0 Å². The average Bonchev–Trinajstić information content (AvgIpc) is 2.82. The molecule has 0 saturated carbocycles. The van der Waals surface area contributed by atoms with Gasteiger partial charge in [0.25, 0.3) is 11.5 Å². The Labute approximate surface area is 204 Å². The van der Waals surface area contributed by atoms with E-state index in [1.165, 1.54) is 22.9 Å². The maximum absolute atomic E-state index is 13.1. The number of allylic oxidation sites excluding steroid dienone is 4. The third kappa shape index (κ3) is 7.67. The minimum absolute atomic E-state index is 0.0692. The number of fused-ring (bicyclic) bond motifs is 1. The molecule has 0 aliphatic rings. The molecule has 2 amide bonds. The number of carbonyl (C=O) groups excluding carboxylic acids is 2. The number of nitrogens with zero attached hydrogens (tertiary/aromatic N) is 2. The molecule has 3 N–H and O–H groups in total. The lowest BCUT2D eigenvalue weighted by molar-refractivity contribution is -0.122. The summed E-state index contributed by atoms with van der Waals surface area (Å²) in [7, 11) is 0. The number of amides is 2. The number of pyridine rings is 2. The van der Waals surface area contributed by atoms with Crippen molar-refractivity contribution < 1.29 is 14.7 Å². The molecular weight excluding hydrogens is 456 g/mol. The van der Waals surface area contributed by atoms with Gasteiger partial charge in [0.1, 0.15) is 17.8 Å². The molecule has 0 aromatic carbocycles. The number of halogens is 1. The predicted molar refractivity (Wildman–Crippen MR) is 135 cm³/mol. The number of nitrogens with one attached hydrogen (secondary N) is 2. The van der Waals surface area contributed by atoms with Gasteiger partial charge in [0, 0.05) is 41.7 Å². The average molecular weight is 487 g/mol. The second-order valence-electron chi connectivity index (χ2n) is 8.74. The standard InChI is InChI=1S/C25H31ClN4O4/c1-5-19(26)9-8-17(2)10-12-28-23(33)20-13-18-7-6-11-27-22(18)30(24(20)34)14-21(32)29-15-25(3,4)16-31/h5-9,11,13,31H,1,10,12,14-16H2,2-4H3,(H,28,33)(H,29,32). The monoisotopic (exact) mass is 486 g/mol. The van der Waals surface area contributed by atoms with Crippen molar-refractivity contribution in [3.63, 3.8) is 0 Å². The lowest BCUT2D eigenvalue weighted by atomic mass is 9.95. The molecule has 0 unspecified atom stereocenters. The molecule has 0 atom stereocenters. The zero-order valence-electron chi connectivity index (χ0n) is 19.7. The van der Waals surface area contributed by atoms with E-state index in [4.69, 9.17) is 11.6 Å². The molecule has 0 saturated heterocycles. The first-order valence-electron chi connectivity index (χ1n) is 10.9. The second-order valence-corrected chi connectivity index (χ2v) is 9.18. The molecule has 2 rings (SSSR count). The van der Waals surface area contributed by atoms with Crippen LogP contribution in [0, 0.1) is 5.41 Å². The lowest BCUT2D eigenvalue weighted by Gasteiger charge is -2.22. The summed E-state index contributed by atoms with van der Waals surface area (Å²) in [6.07, 6.45) is 7.17. The molecule has 0 aliphatic carbocycles. The summed E-state index contributed by atoms with van der Waals surface area (Å²) in [5.41, 5.74) is 0.129. The fraction of sp³-hybridized carbons (Fsp3) is 0.360. The van der Waals surface area contributed by atoms with Gasteiger partial charge >= 0.3 is 0 Å². The van der Waals surface area contributed by atoms with Crippen LogP contribution in [-0.4, -0.2) is 46.2 Å². The van der Waals surface area contributed by atoms with Crippen LogP contribution >= 0.6 is 11.6 Å². The number of aliphatic hydroxyl groups excluding tert-OH is 1. The summed E-state index contributed by atoms with van der Waals surface area (Å²) in [4.78, 5) is 42.7. The number of aromatic nitrogens is 2. The van der Waals surface area contributed by atoms with Crippen LogP contribution in [0.1, 0.15) is 37.6 Å². The zero-order valence-corrected chi connectivity index (χ0v) is 20.5. The molecule has 182 valence electrons. The van der Waals surface area contributed by atoms with E-state index in [1.807, 2.05) is 26.8 Å². The molecule has 2 aromatic rings. The van der Waals surface area contributed by atoms with Crippen LogP contribution in [0.4, 0.5) is 0 Å². The minimum atomic E-state index is -0.603. The second kappa shape index (κ2) is 12.3. The van der Waals surface area contributed by atoms with E-state index in [0.717, 1.165) is 5.57 Å². The molecule has 34 heavy (non-hydrogen) atoms. The van der Waals surface area contributed by atoms with Gasteiger partial charge in [-0.25, -0.2) is 4.98 Å². The molecular formula is C25H31ClN4O4. The van der Waals surface area contributed by atoms with Crippen LogP contribution in [-0.2, 0) is 11.3 Å². The van der Waals surface area contributed by atoms with Crippen LogP contribution < -0.4 is 16.2 Å². The molecule has 0 aliphatic heterocycles. The maximum atomic E-state index is 13.1. The molecule has 0 fully saturated rings. The normalized spacial score (nSPS) is 12.5. The number of carbonyl (C=O) groups is 2. The van der Waals surface area contributed by atoms with Gasteiger partial charge in [0.15, 0.2) is 0 Å². The Kier molecular flexibility index (Phi) is 9.77. The van der Waals surface area contributed by atoms with Crippen molar-refractivity contribution in [1.82, 2.24) is 20.2 Å². The Morgan fingerprint density at radius 2 is 2.03 bits per heavy atom. The Morgan fingerprint density at radius 3 is 2.71 bits per heavy atom. The largest absolute Gasteiger partial charge is 0.396 e. The van der Waals surface area contributed by atoms with Gasteiger partial charge in [-0.1, -0.05) is 49.8 Å². The van der Waals surface area contributed by atoms with E-state index in [0.29, 0.717) is 29.0 Å². The third-order valence-electron chi connectivity index (χ3n) is 5.11. The van der Waals surface area contributed by atoms with E-state index in [-0.39, 0.29) is 25.3 Å². The summed E-state index contributed by atoms with van der Waals surface area (Å²) in [5.74, 6) is -0.945. The van der Waals surface area contributed by atoms with Gasteiger partial charge in [-0.05, 0) is 37.6 Å². The fourth-order valence-corrected chi connectivity index (χ4v) is 3.01. The molecule has 0 radical (unpaired) electrons. The minimum Gasteiger partial charge on any atom is -0.396 e. The Hall–Kier alpha value is -3.23. The van der Waals surface area contributed by atoms with E-state index in [9.17, 15) is 19.5 Å². The van der Waals surface area contributed by atoms with E-state index < -0.39 is 22.8 Å². The van der Waals surface area contributed by atoms with Crippen molar-refractivity contribution in [2.45, 2.75) is 33.7 Å². The van der Waals surface area contributed by atoms with Crippen LogP contribution in [0.15, 0.2) is 64.6 Å². The summed E-state index contributed by atoms with van der Waals surface area (Å²) in [5, 5.41) is 15.9. The first kappa shape index (κ1) is 27.0. The van der Waals surface area contributed by atoms with Crippen LogP contribution in [0.5, 0.6) is 0 Å². The quantitative estimate of drug-likeness (QED) is 0.423. The first-order chi connectivity index (χ1) is 16.1. The zero-order chi connectivity index (χ0) is 25.3. The lowest BCUT2D eigenvalue weighted by Crippen LogP contribution is -2.40. The number of aliphatic hydroxyl groups is 1. The van der Waals surface area contributed by atoms with Crippen molar-refractivity contribution >= 4 is 34.4 Å². The van der Waals surface area contributed by atoms with Crippen LogP contribution in [0.3, 0.4) is 0 Å². The topological polar surface area (TPSA) is 113 Å². The van der Waals surface area contributed by atoms with Gasteiger partial charge in [-0.3, -0.25) is 19.0 Å². The van der Waals surface area contributed by atoms with Crippen LogP contribution in [0.2, 0.25) is 0 Å². The summed E-state index contributed by atoms with van der Waals surface area (Å²) >= 11 is 5.89. The van der Waals surface area contributed by atoms with Crippen molar-refractivity contribution in [2.24, 2.45) is 5.41 Å². The Morgan fingerprint density at radius 1 is 1.29 bits per heavy atom. The van der Waals surface area contributed by atoms with Crippen molar-refractivity contribution in [1.29, 1.82) is 0 Å². The van der Waals surface area contributed by atoms with Gasteiger partial charge < -0.3 is 15.7 Å². The summed E-state index contributed by atoms with van der Waals surface area (Å²) in [6.45, 7) is 9.26. The molecule has 2 heterocycles. The van der Waals surface area contributed by atoms with Crippen LogP contribution in [0.25, 0.3) is 11.0 Å². The number of hydrogen-bond acceptors (Lipinski definition) is 5. The third-order valence-corrected chi connectivity index (χ3v) is 5.39. The Bertz CT molecular complexity index is 1180. The Balaban J connectivity index is 2.21. The van der Waals surface area contributed by atoms with Crippen molar-refractivity contribution in [2.75, 3.05) is 19.7 Å². The molecule has 0 bridgehead atoms. The van der Waals surface area contributed by atoms with Gasteiger partial charge in [0.05, 0.1) is 0 Å². The van der Waals surface area contributed by atoms with E-state index >= 15 is 0 Å². The molecule has 8 nitrogen and oxygen atoms in total. The van der Waals surface area contributed by atoms with Crippen molar-refractivity contribution in [3.05, 3.63) is 75.7 Å². The predicted octanol–water partition coefficient (Wildman–Crippen LogP) is 2.91. The highest BCUT2D eigenvalue weighted by atomic mass is 35.5. The van der Waals surface area contributed by atoms with Gasteiger partial charge in [-0.2, -0.15) is 0 Å². The highest BCUT2D eigenvalue weighted by Gasteiger charge is 2.20.